The molecule has 0 atom stereocenters. The molecule has 1 saturated heterocycles. The van der Waals surface area contributed by atoms with Gasteiger partial charge in [0.25, 0.3) is 0 Å². The minimum absolute atomic E-state index is 0.441. The molecule has 3 rings (SSSR count). The van der Waals surface area contributed by atoms with Crippen LogP contribution in [0.4, 0.5) is 0 Å². The minimum Gasteiger partial charge on any atom is -0.490 e. The van der Waals surface area contributed by atoms with Crippen molar-refractivity contribution >= 4 is 28.8 Å². The first kappa shape index (κ1) is 18.0. The standard InChI is InChI=1S/C20H22ClNO2S/c1-2-23-19-13-16(20(25)22-10-3-4-11-22)8-9-18(19)24-14-15-6-5-7-17(21)12-15/h5-9,12-13H,2-4,10-11,14H2,1H3. The van der Waals surface area contributed by atoms with E-state index in [9.17, 15) is 0 Å². The van der Waals surface area contributed by atoms with Gasteiger partial charge in [-0.05, 0) is 55.7 Å². The zero-order chi connectivity index (χ0) is 17.6. The van der Waals surface area contributed by atoms with Gasteiger partial charge in [-0.2, -0.15) is 0 Å². The van der Waals surface area contributed by atoms with E-state index < -0.39 is 0 Å². The number of likely N-dealkylation sites (tertiary alicyclic amines) is 1. The quantitative estimate of drug-likeness (QED) is 0.655. The Morgan fingerprint density at radius 1 is 1.08 bits per heavy atom. The Balaban J connectivity index is 1.75. The van der Waals surface area contributed by atoms with Gasteiger partial charge in [-0.15, -0.1) is 0 Å². The van der Waals surface area contributed by atoms with Crippen LogP contribution in [0.25, 0.3) is 0 Å². The van der Waals surface area contributed by atoms with Gasteiger partial charge >= 0.3 is 0 Å². The van der Waals surface area contributed by atoms with Gasteiger partial charge in [-0.25, -0.2) is 0 Å². The van der Waals surface area contributed by atoms with Gasteiger partial charge in [-0.1, -0.05) is 36.0 Å². The smallest absolute Gasteiger partial charge is 0.161 e. The maximum Gasteiger partial charge on any atom is 0.161 e. The van der Waals surface area contributed by atoms with Gasteiger partial charge in [0, 0.05) is 23.7 Å². The number of hydrogen-bond donors (Lipinski definition) is 0. The first-order valence-electron chi connectivity index (χ1n) is 8.60. The van der Waals surface area contributed by atoms with E-state index in [4.69, 9.17) is 33.3 Å². The third-order valence-corrected chi connectivity index (χ3v) is 4.90. The Hall–Kier alpha value is -1.78. The van der Waals surface area contributed by atoms with Crippen molar-refractivity contribution in [2.45, 2.75) is 26.4 Å². The second-order valence-corrected chi connectivity index (χ2v) is 6.84. The zero-order valence-electron chi connectivity index (χ0n) is 14.3. The maximum absolute atomic E-state index is 6.03. The molecule has 3 nitrogen and oxygen atoms in total. The first-order chi connectivity index (χ1) is 12.2. The SMILES string of the molecule is CCOc1cc(C(=S)N2CCCC2)ccc1OCc1cccc(Cl)c1. The van der Waals surface area contributed by atoms with Crippen molar-refractivity contribution in [2.75, 3.05) is 19.7 Å². The summed E-state index contributed by atoms with van der Waals surface area (Å²) in [5.41, 5.74) is 2.03. The molecule has 0 amide bonds. The van der Waals surface area contributed by atoms with Crippen LogP contribution < -0.4 is 9.47 Å². The van der Waals surface area contributed by atoms with Gasteiger partial charge < -0.3 is 14.4 Å². The molecule has 0 spiro atoms. The summed E-state index contributed by atoms with van der Waals surface area (Å²) in [6.07, 6.45) is 2.42. The highest BCUT2D eigenvalue weighted by Gasteiger charge is 2.18. The molecular weight excluding hydrogens is 354 g/mol. The van der Waals surface area contributed by atoms with Crippen molar-refractivity contribution < 1.29 is 9.47 Å². The summed E-state index contributed by atoms with van der Waals surface area (Å²) in [6, 6.07) is 13.6. The molecule has 132 valence electrons. The molecule has 25 heavy (non-hydrogen) atoms. The van der Waals surface area contributed by atoms with Crippen LogP contribution >= 0.6 is 23.8 Å². The molecule has 0 saturated carbocycles. The molecule has 0 unspecified atom stereocenters. The summed E-state index contributed by atoms with van der Waals surface area (Å²) < 4.78 is 11.7. The normalized spacial score (nSPS) is 13.8. The molecule has 1 aliphatic rings. The fourth-order valence-corrected chi connectivity index (χ4v) is 3.44. The molecule has 0 N–H and O–H groups in total. The molecule has 5 heteroatoms. The maximum atomic E-state index is 6.03. The van der Waals surface area contributed by atoms with Crippen LogP contribution in [0.1, 0.15) is 30.9 Å². The van der Waals surface area contributed by atoms with Crippen LogP contribution in [-0.2, 0) is 6.61 Å². The first-order valence-corrected chi connectivity index (χ1v) is 9.39. The van der Waals surface area contributed by atoms with Crippen molar-refractivity contribution in [3.05, 3.63) is 58.6 Å². The van der Waals surface area contributed by atoms with Crippen molar-refractivity contribution in [1.29, 1.82) is 0 Å². The fraction of sp³-hybridized carbons (Fsp3) is 0.350. The van der Waals surface area contributed by atoms with Gasteiger partial charge in [-0.3, -0.25) is 0 Å². The molecule has 0 aromatic heterocycles. The van der Waals surface area contributed by atoms with Crippen LogP contribution in [0.5, 0.6) is 11.5 Å². The van der Waals surface area contributed by atoms with Crippen molar-refractivity contribution in [3.8, 4) is 11.5 Å². The number of rotatable bonds is 6. The van der Waals surface area contributed by atoms with Crippen LogP contribution in [0.2, 0.25) is 5.02 Å². The predicted molar refractivity (Wildman–Crippen MR) is 106 cm³/mol. The Labute approximate surface area is 159 Å². The van der Waals surface area contributed by atoms with Crippen LogP contribution in [0.15, 0.2) is 42.5 Å². The monoisotopic (exact) mass is 375 g/mol. The van der Waals surface area contributed by atoms with E-state index >= 15 is 0 Å². The molecular formula is C20H22ClNO2S. The lowest BCUT2D eigenvalue weighted by Crippen LogP contribution is -2.26. The van der Waals surface area contributed by atoms with Crippen molar-refractivity contribution in [1.82, 2.24) is 4.90 Å². The molecule has 0 radical (unpaired) electrons. The molecule has 0 bridgehead atoms. The highest BCUT2D eigenvalue weighted by atomic mass is 35.5. The van der Waals surface area contributed by atoms with E-state index in [0.717, 1.165) is 40.7 Å². The molecule has 2 aromatic rings. The van der Waals surface area contributed by atoms with E-state index in [-0.39, 0.29) is 0 Å². The highest BCUT2D eigenvalue weighted by Crippen LogP contribution is 2.30. The molecule has 2 aromatic carbocycles. The highest BCUT2D eigenvalue weighted by molar-refractivity contribution is 7.80. The fourth-order valence-electron chi connectivity index (χ4n) is 2.92. The van der Waals surface area contributed by atoms with Crippen molar-refractivity contribution in [2.24, 2.45) is 0 Å². The summed E-state index contributed by atoms with van der Waals surface area (Å²) in [4.78, 5) is 3.15. The summed E-state index contributed by atoms with van der Waals surface area (Å²) >= 11 is 11.7. The number of thiocarbonyl (C=S) groups is 1. The van der Waals surface area contributed by atoms with E-state index in [1.807, 2.05) is 49.4 Å². The number of halogens is 1. The van der Waals surface area contributed by atoms with E-state index in [1.54, 1.807) is 0 Å². The second kappa shape index (κ2) is 8.54. The Morgan fingerprint density at radius 2 is 1.88 bits per heavy atom. The van der Waals surface area contributed by atoms with Crippen molar-refractivity contribution in [3.63, 3.8) is 0 Å². The summed E-state index contributed by atoms with van der Waals surface area (Å²) in [5, 5.41) is 0.706. The zero-order valence-corrected chi connectivity index (χ0v) is 15.9. The topological polar surface area (TPSA) is 21.7 Å². The van der Waals surface area contributed by atoms with Gasteiger partial charge in [0.15, 0.2) is 11.5 Å². The lowest BCUT2D eigenvalue weighted by atomic mass is 10.2. The largest absolute Gasteiger partial charge is 0.490 e. The van der Waals surface area contributed by atoms with Crippen LogP contribution in [0, 0.1) is 0 Å². The number of nitrogens with zero attached hydrogens (tertiary/aromatic N) is 1. The Bertz CT molecular complexity index is 744. The number of ether oxygens (including phenoxy) is 2. The average molecular weight is 376 g/mol. The lowest BCUT2D eigenvalue weighted by Gasteiger charge is -2.20. The lowest BCUT2D eigenvalue weighted by molar-refractivity contribution is 0.269. The summed E-state index contributed by atoms with van der Waals surface area (Å²) in [5.74, 6) is 1.44. The number of hydrogen-bond acceptors (Lipinski definition) is 3. The average Bonchev–Trinajstić information content (AvgIpc) is 3.15. The Kier molecular flexibility index (Phi) is 6.16. The van der Waals surface area contributed by atoms with Gasteiger partial charge in [0.1, 0.15) is 11.6 Å². The van der Waals surface area contributed by atoms with Crippen LogP contribution in [-0.4, -0.2) is 29.6 Å². The third-order valence-electron chi connectivity index (χ3n) is 4.17. The predicted octanol–water partition coefficient (Wildman–Crippen LogP) is 5.09. The van der Waals surface area contributed by atoms with E-state index in [0.29, 0.717) is 18.2 Å². The number of benzene rings is 2. The summed E-state index contributed by atoms with van der Waals surface area (Å²) in [7, 11) is 0. The second-order valence-electron chi connectivity index (χ2n) is 6.01. The minimum atomic E-state index is 0.441. The molecule has 1 aliphatic heterocycles. The van der Waals surface area contributed by atoms with E-state index in [1.165, 1.54) is 12.8 Å². The summed E-state index contributed by atoms with van der Waals surface area (Å²) in [6.45, 7) is 5.06. The molecule has 1 fully saturated rings. The molecule has 1 heterocycles. The molecule has 0 aliphatic carbocycles. The van der Waals surface area contributed by atoms with Crippen LogP contribution in [0.3, 0.4) is 0 Å². The Morgan fingerprint density at radius 3 is 2.60 bits per heavy atom. The van der Waals surface area contributed by atoms with Gasteiger partial charge in [0.2, 0.25) is 0 Å². The third kappa shape index (κ3) is 4.65. The van der Waals surface area contributed by atoms with Gasteiger partial charge in [0.05, 0.1) is 6.61 Å². The van der Waals surface area contributed by atoms with E-state index in [2.05, 4.69) is 4.90 Å².